The molecule has 2 aromatic carbocycles. The molecule has 0 heterocycles. The van der Waals surface area contributed by atoms with Gasteiger partial charge in [-0.25, -0.2) is 16.8 Å². The number of rotatable bonds is 4. The molecule has 0 saturated heterocycles. The monoisotopic (exact) mass is 324 g/mol. The van der Waals surface area contributed by atoms with Crippen molar-refractivity contribution in [2.75, 3.05) is 0 Å². The van der Waals surface area contributed by atoms with Crippen molar-refractivity contribution in [2.45, 2.75) is 23.6 Å². The summed E-state index contributed by atoms with van der Waals surface area (Å²) in [6.07, 6.45) is 0. The van der Waals surface area contributed by atoms with Gasteiger partial charge in [-0.05, 0) is 37.1 Å². The van der Waals surface area contributed by atoms with Crippen LogP contribution in [0.5, 0.6) is 0 Å². The molecule has 0 amide bonds. The maximum atomic E-state index is 12.2. The van der Waals surface area contributed by atoms with Gasteiger partial charge >= 0.3 is 0 Å². The van der Waals surface area contributed by atoms with Crippen LogP contribution in [-0.2, 0) is 20.0 Å². The lowest BCUT2D eigenvalue weighted by atomic mass is 10.2. The first-order chi connectivity index (χ1) is 9.74. The summed E-state index contributed by atoms with van der Waals surface area (Å²) in [4.78, 5) is -0.218. The van der Waals surface area contributed by atoms with E-state index in [1.54, 1.807) is 38.1 Å². The topological polar surface area (TPSA) is 82.4 Å². The van der Waals surface area contributed by atoms with Crippen LogP contribution >= 0.6 is 0 Å². The van der Waals surface area contributed by atoms with E-state index in [1.165, 1.54) is 24.3 Å². The molecule has 0 unspecified atom stereocenters. The molecular formula is C14H14NO4S2-. The summed E-state index contributed by atoms with van der Waals surface area (Å²) in [5, 5.41) is 0. The van der Waals surface area contributed by atoms with Gasteiger partial charge in [0.2, 0.25) is 0 Å². The number of hydrogen-bond acceptors (Lipinski definition) is 4. The van der Waals surface area contributed by atoms with Gasteiger partial charge in [0, 0.05) is 0 Å². The molecular weight excluding hydrogens is 310 g/mol. The van der Waals surface area contributed by atoms with Gasteiger partial charge in [-0.1, -0.05) is 36.4 Å². The molecule has 0 fully saturated rings. The maximum absolute atomic E-state index is 12.2. The highest BCUT2D eigenvalue weighted by atomic mass is 32.3. The van der Waals surface area contributed by atoms with Gasteiger partial charge in [-0.3, -0.25) is 0 Å². The van der Waals surface area contributed by atoms with Crippen molar-refractivity contribution in [1.82, 2.24) is 0 Å². The molecule has 0 aliphatic rings. The molecule has 0 spiro atoms. The van der Waals surface area contributed by atoms with Crippen molar-refractivity contribution in [3.8, 4) is 0 Å². The lowest BCUT2D eigenvalue weighted by Gasteiger charge is -2.22. The van der Waals surface area contributed by atoms with Crippen LogP contribution in [0.4, 0.5) is 0 Å². The van der Waals surface area contributed by atoms with Crippen LogP contribution < -0.4 is 0 Å². The fourth-order valence-electron chi connectivity index (χ4n) is 1.90. The lowest BCUT2D eigenvalue weighted by Crippen LogP contribution is -2.10. The Morgan fingerprint density at radius 2 is 1.00 bits per heavy atom. The van der Waals surface area contributed by atoms with Gasteiger partial charge in [0.15, 0.2) is 0 Å². The Balaban J connectivity index is 2.46. The predicted octanol–water partition coefficient (Wildman–Crippen LogP) is 2.75. The second-order valence-electron chi connectivity index (χ2n) is 4.56. The van der Waals surface area contributed by atoms with Gasteiger partial charge in [0.05, 0.1) is 9.79 Å². The van der Waals surface area contributed by atoms with Gasteiger partial charge in [0.1, 0.15) is 20.0 Å². The first kappa shape index (κ1) is 15.7. The number of nitrogens with zero attached hydrogens (tertiary/aromatic N) is 1. The molecule has 21 heavy (non-hydrogen) atoms. The predicted molar refractivity (Wildman–Crippen MR) is 80.1 cm³/mol. The van der Waals surface area contributed by atoms with E-state index in [2.05, 4.69) is 4.13 Å². The van der Waals surface area contributed by atoms with E-state index < -0.39 is 20.0 Å². The number of hydrogen-bond donors (Lipinski definition) is 0. The van der Waals surface area contributed by atoms with Crippen LogP contribution in [0.2, 0.25) is 0 Å². The summed E-state index contributed by atoms with van der Waals surface area (Å²) >= 11 is 0. The van der Waals surface area contributed by atoms with Gasteiger partial charge in [0.25, 0.3) is 0 Å². The van der Waals surface area contributed by atoms with Crippen LogP contribution in [0.1, 0.15) is 11.1 Å². The third-order valence-corrected chi connectivity index (χ3v) is 6.54. The van der Waals surface area contributed by atoms with E-state index in [1.807, 2.05) is 0 Å². The first-order valence-electron chi connectivity index (χ1n) is 6.09. The third-order valence-electron chi connectivity index (χ3n) is 2.94. The summed E-state index contributed by atoms with van der Waals surface area (Å²) in [7, 11) is -8.55. The Morgan fingerprint density at radius 3 is 1.33 bits per heavy atom. The Hall–Kier alpha value is -1.70. The fraction of sp³-hybridized carbons (Fsp3) is 0.143. The highest BCUT2D eigenvalue weighted by Gasteiger charge is 2.15. The summed E-state index contributed by atoms with van der Waals surface area (Å²) in [5.41, 5.74) is 0.891. The largest absolute Gasteiger partial charge is 0.428 e. The zero-order chi connectivity index (χ0) is 15.7. The minimum Gasteiger partial charge on any atom is -0.428 e. The minimum absolute atomic E-state index is 0.109. The smallest absolute Gasteiger partial charge is 0.112 e. The Kier molecular flexibility index (Phi) is 4.18. The van der Waals surface area contributed by atoms with Crippen molar-refractivity contribution in [2.24, 2.45) is 0 Å². The molecule has 0 aliphatic heterocycles. The van der Waals surface area contributed by atoms with Gasteiger partial charge in [-0.15, -0.1) is 0 Å². The number of benzene rings is 2. The summed E-state index contributed by atoms with van der Waals surface area (Å²) < 4.78 is 52.0. The lowest BCUT2D eigenvalue weighted by molar-refractivity contribution is 0.595. The van der Waals surface area contributed by atoms with Crippen molar-refractivity contribution in [3.63, 3.8) is 0 Å². The molecule has 0 aliphatic carbocycles. The Morgan fingerprint density at radius 1 is 0.667 bits per heavy atom. The molecule has 0 N–H and O–H groups in total. The molecule has 0 atom stereocenters. The molecule has 0 bridgehead atoms. The standard InChI is InChI=1S/C14H14NO4S2/c1-11-7-3-5-9-13(11)20(16,17)15-21(18,19)14-10-6-4-8-12(14)2/h3-10H,1-2H3/q-1. The molecule has 112 valence electrons. The quantitative estimate of drug-likeness (QED) is 0.866. The number of aryl methyl sites for hydroxylation is 2. The summed E-state index contributed by atoms with van der Waals surface area (Å²) in [6.45, 7) is 3.17. The minimum atomic E-state index is -4.28. The van der Waals surface area contributed by atoms with Gasteiger partial charge in [-0.2, -0.15) is 0 Å². The van der Waals surface area contributed by atoms with E-state index in [9.17, 15) is 16.8 Å². The van der Waals surface area contributed by atoms with Crippen LogP contribution in [-0.4, -0.2) is 16.8 Å². The average Bonchev–Trinajstić information content (AvgIpc) is 2.38. The van der Waals surface area contributed by atoms with E-state index >= 15 is 0 Å². The van der Waals surface area contributed by atoms with Crippen molar-refractivity contribution in [3.05, 3.63) is 63.8 Å². The normalized spacial score (nSPS) is 12.3. The molecule has 0 saturated carbocycles. The van der Waals surface area contributed by atoms with E-state index in [4.69, 9.17) is 0 Å². The van der Waals surface area contributed by atoms with Crippen molar-refractivity contribution < 1.29 is 16.8 Å². The van der Waals surface area contributed by atoms with Crippen LogP contribution in [0.3, 0.4) is 0 Å². The second kappa shape index (κ2) is 5.59. The van der Waals surface area contributed by atoms with E-state index in [0.29, 0.717) is 11.1 Å². The fourth-order valence-corrected chi connectivity index (χ4v) is 5.03. The molecule has 7 heteroatoms. The first-order valence-corrected chi connectivity index (χ1v) is 8.97. The Labute approximate surface area is 124 Å². The molecule has 0 radical (unpaired) electrons. The zero-order valence-electron chi connectivity index (χ0n) is 11.5. The van der Waals surface area contributed by atoms with Crippen molar-refractivity contribution >= 4 is 20.0 Å². The summed E-state index contributed by atoms with van der Waals surface area (Å²) in [6, 6.07) is 12.2. The molecule has 2 aromatic rings. The molecule has 2 rings (SSSR count). The SMILES string of the molecule is Cc1ccccc1S(=O)(=O)[N-]S(=O)(=O)c1ccccc1C. The van der Waals surface area contributed by atoms with Crippen LogP contribution in [0, 0.1) is 13.8 Å². The highest BCUT2D eigenvalue weighted by Crippen LogP contribution is 2.28. The molecule has 5 nitrogen and oxygen atoms in total. The van der Waals surface area contributed by atoms with E-state index in [0.717, 1.165) is 0 Å². The molecule has 0 aromatic heterocycles. The number of sulfonamides is 2. The van der Waals surface area contributed by atoms with E-state index in [-0.39, 0.29) is 9.79 Å². The Bertz CT molecular complexity index is 798. The average molecular weight is 324 g/mol. The highest BCUT2D eigenvalue weighted by molar-refractivity contribution is 8.12. The second-order valence-corrected chi connectivity index (χ2v) is 7.93. The third kappa shape index (κ3) is 3.31. The van der Waals surface area contributed by atoms with Gasteiger partial charge < -0.3 is 4.13 Å². The maximum Gasteiger partial charge on any atom is 0.112 e. The zero-order valence-corrected chi connectivity index (χ0v) is 13.1. The summed E-state index contributed by atoms with van der Waals surface area (Å²) in [5.74, 6) is 0. The van der Waals surface area contributed by atoms with Crippen molar-refractivity contribution in [1.29, 1.82) is 0 Å². The van der Waals surface area contributed by atoms with Crippen LogP contribution in [0.25, 0.3) is 4.13 Å². The van der Waals surface area contributed by atoms with Crippen LogP contribution in [0.15, 0.2) is 58.3 Å².